The van der Waals surface area contributed by atoms with Gasteiger partial charge in [-0.1, -0.05) is 0 Å². The van der Waals surface area contributed by atoms with Gasteiger partial charge in [0.2, 0.25) is 0 Å². The molecule has 0 aliphatic heterocycles. The lowest BCUT2D eigenvalue weighted by Crippen LogP contribution is -2.24. The van der Waals surface area contributed by atoms with Crippen LogP contribution in [0.3, 0.4) is 0 Å². The molecule has 0 aromatic heterocycles. The molecule has 0 aliphatic rings. The van der Waals surface area contributed by atoms with E-state index in [4.69, 9.17) is 5.11 Å². The maximum Gasteiger partial charge on any atom is 0.323 e. The molecule has 0 amide bonds. The quantitative estimate of drug-likeness (QED) is 0.773. The van der Waals surface area contributed by atoms with E-state index in [1.807, 2.05) is 30.5 Å². The summed E-state index contributed by atoms with van der Waals surface area (Å²) in [4.78, 5) is 13.3. The number of carboxylic acid groups (broad SMARTS) is 1. The summed E-state index contributed by atoms with van der Waals surface area (Å²) in [6.07, 6.45) is 2.01. The highest BCUT2D eigenvalue weighted by Crippen LogP contribution is 2.19. The largest absolute Gasteiger partial charge is 0.480 e. The van der Waals surface area contributed by atoms with Gasteiger partial charge in [-0.3, -0.25) is 4.79 Å². The Kier molecular flexibility index (Phi) is 3.83. The molecule has 0 bridgehead atoms. The molecule has 0 aliphatic carbocycles. The first-order valence-electron chi connectivity index (χ1n) is 4.20. The van der Waals surface area contributed by atoms with Gasteiger partial charge in [-0.15, -0.1) is 11.8 Å². The molecule has 1 rings (SSSR count). The van der Waals surface area contributed by atoms with Crippen LogP contribution in [0.5, 0.6) is 0 Å². The highest BCUT2D eigenvalue weighted by Gasteiger charge is 2.04. The second kappa shape index (κ2) is 4.91. The number of carbonyl (C=O) groups is 1. The van der Waals surface area contributed by atoms with Crippen LogP contribution in [0, 0.1) is 0 Å². The average Bonchev–Trinajstić information content (AvgIpc) is 2.17. The number of rotatable bonds is 4. The van der Waals surface area contributed by atoms with Gasteiger partial charge in [0, 0.05) is 17.6 Å². The van der Waals surface area contributed by atoms with Crippen molar-refractivity contribution in [2.24, 2.45) is 0 Å². The number of anilines is 1. The van der Waals surface area contributed by atoms with Crippen LogP contribution in [-0.4, -0.2) is 30.9 Å². The molecule has 0 spiro atoms. The van der Waals surface area contributed by atoms with E-state index < -0.39 is 5.97 Å². The standard InChI is InChI=1S/C10H13NO2S/c1-11(7-10(12)13)8-3-5-9(14-2)6-4-8/h3-6H,7H2,1-2H3,(H,12,13). The number of nitrogens with zero attached hydrogens (tertiary/aromatic N) is 1. The lowest BCUT2D eigenvalue weighted by atomic mass is 10.3. The Labute approximate surface area is 87.7 Å². The first-order valence-corrected chi connectivity index (χ1v) is 5.43. The maximum atomic E-state index is 10.5. The molecule has 0 saturated carbocycles. The molecule has 0 heterocycles. The fraction of sp³-hybridized carbons (Fsp3) is 0.300. The van der Waals surface area contributed by atoms with Crippen molar-refractivity contribution in [2.75, 3.05) is 24.7 Å². The number of carboxylic acids is 1. The smallest absolute Gasteiger partial charge is 0.323 e. The SMILES string of the molecule is CSc1ccc(N(C)CC(=O)O)cc1. The van der Waals surface area contributed by atoms with Gasteiger partial charge in [-0.2, -0.15) is 0 Å². The third kappa shape index (κ3) is 2.96. The molecular formula is C10H13NO2S. The summed E-state index contributed by atoms with van der Waals surface area (Å²) >= 11 is 1.67. The normalized spacial score (nSPS) is 9.86. The number of thioether (sulfide) groups is 1. The molecule has 1 N–H and O–H groups in total. The average molecular weight is 211 g/mol. The molecule has 1 aromatic carbocycles. The van der Waals surface area contributed by atoms with Crippen molar-refractivity contribution in [3.8, 4) is 0 Å². The third-order valence-electron chi connectivity index (χ3n) is 1.89. The molecule has 0 fully saturated rings. The third-order valence-corrected chi connectivity index (χ3v) is 2.63. The Balaban J connectivity index is 2.71. The maximum absolute atomic E-state index is 10.5. The van der Waals surface area contributed by atoms with E-state index >= 15 is 0 Å². The van der Waals surface area contributed by atoms with Crippen LogP contribution in [-0.2, 0) is 4.79 Å². The second-order valence-electron chi connectivity index (χ2n) is 2.95. The van der Waals surface area contributed by atoms with Gasteiger partial charge in [0.1, 0.15) is 6.54 Å². The summed E-state index contributed by atoms with van der Waals surface area (Å²) in [5.41, 5.74) is 0.921. The van der Waals surface area contributed by atoms with Crippen molar-refractivity contribution >= 4 is 23.4 Å². The number of benzene rings is 1. The predicted molar refractivity (Wildman–Crippen MR) is 59.1 cm³/mol. The minimum absolute atomic E-state index is 0.0264. The molecule has 1 aromatic rings. The summed E-state index contributed by atoms with van der Waals surface area (Å²) in [6, 6.07) is 7.82. The van der Waals surface area contributed by atoms with Gasteiger partial charge in [-0.05, 0) is 30.5 Å². The Morgan fingerprint density at radius 1 is 1.43 bits per heavy atom. The minimum Gasteiger partial charge on any atom is -0.480 e. The number of hydrogen-bond donors (Lipinski definition) is 1. The van der Waals surface area contributed by atoms with Crippen molar-refractivity contribution < 1.29 is 9.90 Å². The number of aliphatic carboxylic acids is 1. The Hall–Kier alpha value is -1.16. The lowest BCUT2D eigenvalue weighted by molar-refractivity contribution is -0.135. The molecular weight excluding hydrogens is 198 g/mol. The Morgan fingerprint density at radius 2 is 2.00 bits per heavy atom. The van der Waals surface area contributed by atoms with Crippen LogP contribution in [0.1, 0.15) is 0 Å². The number of hydrogen-bond acceptors (Lipinski definition) is 3. The fourth-order valence-corrected chi connectivity index (χ4v) is 1.54. The van der Waals surface area contributed by atoms with Crippen LogP contribution in [0.4, 0.5) is 5.69 Å². The molecule has 0 atom stereocenters. The van der Waals surface area contributed by atoms with Crippen molar-refractivity contribution in [3.63, 3.8) is 0 Å². The summed E-state index contributed by atoms with van der Waals surface area (Å²) in [5.74, 6) is -0.818. The van der Waals surface area contributed by atoms with E-state index in [0.717, 1.165) is 5.69 Å². The molecule has 0 unspecified atom stereocenters. The zero-order valence-corrected chi connectivity index (χ0v) is 9.04. The van der Waals surface area contributed by atoms with Gasteiger partial charge in [0.25, 0.3) is 0 Å². The molecule has 3 nitrogen and oxygen atoms in total. The van der Waals surface area contributed by atoms with Crippen LogP contribution in [0.2, 0.25) is 0 Å². The van der Waals surface area contributed by atoms with Crippen LogP contribution >= 0.6 is 11.8 Å². The zero-order valence-electron chi connectivity index (χ0n) is 8.23. The first kappa shape index (κ1) is 10.9. The van der Waals surface area contributed by atoms with Crippen LogP contribution in [0.15, 0.2) is 29.2 Å². The van der Waals surface area contributed by atoms with E-state index in [9.17, 15) is 4.79 Å². The highest BCUT2D eigenvalue weighted by atomic mass is 32.2. The van der Waals surface area contributed by atoms with Crippen LogP contribution in [0.25, 0.3) is 0 Å². The topological polar surface area (TPSA) is 40.5 Å². The zero-order chi connectivity index (χ0) is 10.6. The van der Waals surface area contributed by atoms with Crippen molar-refractivity contribution in [1.29, 1.82) is 0 Å². The van der Waals surface area contributed by atoms with Gasteiger partial charge >= 0.3 is 5.97 Å². The van der Waals surface area contributed by atoms with Gasteiger partial charge < -0.3 is 10.0 Å². The first-order chi connectivity index (χ1) is 6.63. The molecule has 14 heavy (non-hydrogen) atoms. The summed E-state index contributed by atoms with van der Waals surface area (Å²) in [6.45, 7) is 0.0264. The monoisotopic (exact) mass is 211 g/mol. The van der Waals surface area contributed by atoms with Gasteiger partial charge in [0.05, 0.1) is 0 Å². The van der Waals surface area contributed by atoms with E-state index in [1.165, 1.54) is 4.90 Å². The molecule has 0 saturated heterocycles. The lowest BCUT2D eigenvalue weighted by Gasteiger charge is -2.16. The molecule has 0 radical (unpaired) electrons. The second-order valence-corrected chi connectivity index (χ2v) is 3.83. The van der Waals surface area contributed by atoms with Crippen LogP contribution < -0.4 is 4.90 Å². The van der Waals surface area contributed by atoms with E-state index in [2.05, 4.69) is 0 Å². The Bertz CT molecular complexity index is 310. The molecule has 4 heteroatoms. The van der Waals surface area contributed by atoms with Crippen molar-refractivity contribution in [1.82, 2.24) is 0 Å². The number of likely N-dealkylation sites (N-methyl/N-ethyl adjacent to an activating group) is 1. The predicted octanol–water partition coefficient (Wildman–Crippen LogP) is 1.93. The summed E-state index contributed by atoms with van der Waals surface area (Å²) in [5, 5.41) is 8.60. The van der Waals surface area contributed by atoms with Crippen molar-refractivity contribution in [3.05, 3.63) is 24.3 Å². The van der Waals surface area contributed by atoms with Gasteiger partial charge in [-0.25, -0.2) is 0 Å². The van der Waals surface area contributed by atoms with E-state index in [1.54, 1.807) is 23.7 Å². The van der Waals surface area contributed by atoms with Gasteiger partial charge in [0.15, 0.2) is 0 Å². The fourth-order valence-electron chi connectivity index (χ4n) is 1.13. The highest BCUT2D eigenvalue weighted by molar-refractivity contribution is 7.98. The Morgan fingerprint density at radius 3 is 2.43 bits per heavy atom. The van der Waals surface area contributed by atoms with E-state index in [0.29, 0.717) is 0 Å². The van der Waals surface area contributed by atoms with Crippen molar-refractivity contribution in [2.45, 2.75) is 4.90 Å². The van der Waals surface area contributed by atoms with E-state index in [-0.39, 0.29) is 6.54 Å². The summed E-state index contributed by atoms with van der Waals surface area (Å²) < 4.78 is 0. The summed E-state index contributed by atoms with van der Waals surface area (Å²) in [7, 11) is 1.77. The minimum atomic E-state index is -0.818. The molecule has 76 valence electrons.